The Balaban J connectivity index is 1.35. The van der Waals surface area contributed by atoms with E-state index in [0.29, 0.717) is 5.01 Å². The maximum absolute atomic E-state index is 12.9. The first-order valence-corrected chi connectivity index (χ1v) is 11.3. The average Bonchev–Trinajstić information content (AvgIpc) is 3.06. The first kappa shape index (κ1) is 19.6. The van der Waals surface area contributed by atoms with Crippen molar-refractivity contribution in [1.29, 1.82) is 0 Å². The number of likely N-dealkylation sites (tertiary alicyclic amines) is 1. The number of nitrogens with zero attached hydrogens (tertiary/aromatic N) is 3. The molecule has 1 aromatic rings. The quantitative estimate of drug-likeness (QED) is 0.788. The highest BCUT2D eigenvalue weighted by atomic mass is 32.1. The molecule has 6 nitrogen and oxygen atoms in total. The molecule has 2 amide bonds. The molecule has 4 rings (SSSR count). The molecule has 1 aliphatic carbocycles. The Labute approximate surface area is 171 Å². The molecule has 2 atom stereocenters. The van der Waals surface area contributed by atoms with Crippen LogP contribution in [0.15, 0.2) is 12.2 Å². The van der Waals surface area contributed by atoms with Crippen molar-refractivity contribution in [2.45, 2.75) is 51.0 Å². The highest BCUT2D eigenvalue weighted by Gasteiger charge is 2.31. The van der Waals surface area contributed by atoms with Gasteiger partial charge in [-0.05, 0) is 52.0 Å². The predicted octanol–water partition coefficient (Wildman–Crippen LogP) is 2.25. The molecule has 0 aromatic carbocycles. The lowest BCUT2D eigenvalue weighted by molar-refractivity contribution is -0.135. The third kappa shape index (κ3) is 4.46. The van der Waals surface area contributed by atoms with E-state index < -0.39 is 0 Å². The van der Waals surface area contributed by atoms with Crippen molar-refractivity contribution in [3.63, 3.8) is 0 Å². The number of aromatic nitrogens is 1. The first-order chi connectivity index (χ1) is 13.6. The number of rotatable bonds is 3. The Bertz CT molecular complexity index is 736. The average molecular weight is 403 g/mol. The van der Waals surface area contributed by atoms with Gasteiger partial charge in [0.15, 0.2) is 5.01 Å². The van der Waals surface area contributed by atoms with Crippen molar-refractivity contribution in [3.8, 4) is 0 Å². The molecular weight excluding hydrogens is 372 g/mol. The van der Waals surface area contributed by atoms with Gasteiger partial charge in [-0.2, -0.15) is 0 Å². The molecule has 28 heavy (non-hydrogen) atoms. The van der Waals surface area contributed by atoms with Gasteiger partial charge in [0.2, 0.25) is 5.91 Å². The van der Waals surface area contributed by atoms with Crippen molar-refractivity contribution in [2.75, 3.05) is 33.2 Å². The van der Waals surface area contributed by atoms with Gasteiger partial charge in [-0.1, -0.05) is 12.2 Å². The van der Waals surface area contributed by atoms with E-state index in [2.05, 4.69) is 27.4 Å². The number of hydrogen-bond acceptors (Lipinski definition) is 5. The maximum atomic E-state index is 12.9. The van der Waals surface area contributed by atoms with Crippen LogP contribution >= 0.6 is 11.3 Å². The van der Waals surface area contributed by atoms with Crippen LogP contribution in [-0.2, 0) is 17.6 Å². The van der Waals surface area contributed by atoms with E-state index in [9.17, 15) is 9.59 Å². The van der Waals surface area contributed by atoms with Crippen molar-refractivity contribution < 1.29 is 9.59 Å². The molecule has 7 heteroatoms. The summed E-state index contributed by atoms with van der Waals surface area (Å²) in [6.45, 7) is 3.09. The SMILES string of the molecule is CN1C[C@@H](NC(=O)c2nc3c(s2)CCCC3)CC[C@@H](C(=O)N2CC=CCC2)C1. The Hall–Kier alpha value is -1.73. The normalized spacial score (nSPS) is 25.8. The number of carbonyl (C=O) groups excluding carboxylic acids is 2. The minimum atomic E-state index is -0.0521. The number of carbonyl (C=O) groups is 2. The van der Waals surface area contributed by atoms with Crippen LogP contribution in [0.5, 0.6) is 0 Å². The molecule has 0 unspecified atom stereocenters. The second-order valence-corrected chi connectivity index (χ2v) is 9.39. The number of fused-ring (bicyclic) bond motifs is 1. The number of hydrogen-bond donors (Lipinski definition) is 1. The van der Waals surface area contributed by atoms with Crippen molar-refractivity contribution in [2.24, 2.45) is 5.92 Å². The van der Waals surface area contributed by atoms with Crippen LogP contribution in [0.25, 0.3) is 0 Å². The van der Waals surface area contributed by atoms with Gasteiger partial charge in [0, 0.05) is 37.1 Å². The standard InChI is InChI=1S/C21H30N4O2S/c1-24-13-15(21(27)25-11-5-2-6-12-25)9-10-16(14-24)22-19(26)20-23-17-7-3-4-8-18(17)28-20/h2,5,15-16H,3-4,6-14H2,1H3,(H,22,26)/t15-,16+/m1/s1. The fourth-order valence-corrected chi connectivity index (χ4v) is 5.58. The molecule has 1 fully saturated rings. The van der Waals surface area contributed by atoms with Gasteiger partial charge < -0.3 is 15.1 Å². The minimum absolute atomic E-state index is 0.0191. The van der Waals surface area contributed by atoms with Gasteiger partial charge in [0.1, 0.15) is 0 Å². The van der Waals surface area contributed by atoms with Gasteiger partial charge in [-0.25, -0.2) is 4.98 Å². The zero-order valence-electron chi connectivity index (χ0n) is 16.7. The third-order valence-electron chi connectivity index (χ3n) is 6.02. The predicted molar refractivity (Wildman–Crippen MR) is 111 cm³/mol. The first-order valence-electron chi connectivity index (χ1n) is 10.5. The highest BCUT2D eigenvalue weighted by Crippen LogP contribution is 2.27. The number of aryl methyl sites for hydroxylation is 2. The summed E-state index contributed by atoms with van der Waals surface area (Å²) in [5.41, 5.74) is 1.13. The van der Waals surface area contributed by atoms with Crippen LogP contribution < -0.4 is 5.32 Å². The number of thiazole rings is 1. The fraction of sp³-hybridized carbons (Fsp3) is 0.667. The molecule has 2 aliphatic heterocycles. The topological polar surface area (TPSA) is 65.5 Å². The Morgan fingerprint density at radius 3 is 2.82 bits per heavy atom. The fourth-order valence-electron chi connectivity index (χ4n) is 4.53. The van der Waals surface area contributed by atoms with Gasteiger partial charge in [0.05, 0.1) is 11.6 Å². The lowest BCUT2D eigenvalue weighted by Gasteiger charge is -2.28. The lowest BCUT2D eigenvalue weighted by atomic mass is 9.99. The molecule has 1 N–H and O–H groups in total. The summed E-state index contributed by atoms with van der Waals surface area (Å²) in [5, 5.41) is 3.79. The van der Waals surface area contributed by atoms with E-state index >= 15 is 0 Å². The van der Waals surface area contributed by atoms with Crippen LogP contribution in [0.3, 0.4) is 0 Å². The smallest absolute Gasteiger partial charge is 0.280 e. The molecule has 0 saturated carbocycles. The van der Waals surface area contributed by atoms with Crippen LogP contribution in [0, 0.1) is 5.92 Å². The van der Waals surface area contributed by atoms with Gasteiger partial charge in [-0.3, -0.25) is 9.59 Å². The monoisotopic (exact) mass is 402 g/mol. The summed E-state index contributed by atoms with van der Waals surface area (Å²) in [7, 11) is 2.04. The van der Waals surface area contributed by atoms with E-state index in [4.69, 9.17) is 0 Å². The van der Waals surface area contributed by atoms with E-state index in [1.807, 2.05) is 11.9 Å². The zero-order valence-corrected chi connectivity index (χ0v) is 17.5. The van der Waals surface area contributed by atoms with Crippen molar-refractivity contribution >= 4 is 23.2 Å². The van der Waals surface area contributed by atoms with E-state index in [0.717, 1.165) is 64.0 Å². The van der Waals surface area contributed by atoms with Crippen LogP contribution in [0.1, 0.15) is 52.5 Å². The number of nitrogens with one attached hydrogen (secondary N) is 1. The van der Waals surface area contributed by atoms with E-state index in [1.165, 1.54) is 17.7 Å². The zero-order chi connectivity index (χ0) is 19.5. The molecule has 3 heterocycles. The molecule has 3 aliphatic rings. The molecule has 152 valence electrons. The van der Waals surface area contributed by atoms with Crippen LogP contribution in [0.4, 0.5) is 0 Å². The molecule has 0 spiro atoms. The summed E-state index contributed by atoms with van der Waals surface area (Å²) in [4.78, 5) is 35.7. The lowest BCUT2D eigenvalue weighted by Crippen LogP contribution is -2.43. The maximum Gasteiger partial charge on any atom is 0.280 e. The van der Waals surface area contributed by atoms with Gasteiger partial charge >= 0.3 is 0 Å². The Kier molecular flexibility index (Phi) is 6.11. The molecule has 0 bridgehead atoms. The Morgan fingerprint density at radius 1 is 1.18 bits per heavy atom. The van der Waals surface area contributed by atoms with Gasteiger partial charge in [0.25, 0.3) is 5.91 Å². The number of likely N-dealkylation sites (N-methyl/N-ethyl adjacent to an activating group) is 1. The molecule has 1 saturated heterocycles. The third-order valence-corrected chi connectivity index (χ3v) is 7.18. The summed E-state index contributed by atoms with van der Waals surface area (Å²) in [6.07, 6.45) is 11.3. The Morgan fingerprint density at radius 2 is 2.04 bits per heavy atom. The highest BCUT2D eigenvalue weighted by molar-refractivity contribution is 7.13. The molecule has 0 radical (unpaired) electrons. The number of amides is 2. The van der Waals surface area contributed by atoms with E-state index in [-0.39, 0.29) is 23.8 Å². The summed E-state index contributed by atoms with van der Waals surface area (Å²) < 4.78 is 0. The largest absolute Gasteiger partial charge is 0.346 e. The molecular formula is C21H30N4O2S. The van der Waals surface area contributed by atoms with Crippen molar-refractivity contribution in [1.82, 2.24) is 20.1 Å². The van der Waals surface area contributed by atoms with Crippen LogP contribution in [-0.4, -0.2) is 65.9 Å². The minimum Gasteiger partial charge on any atom is -0.346 e. The van der Waals surface area contributed by atoms with Crippen molar-refractivity contribution in [3.05, 3.63) is 27.7 Å². The summed E-state index contributed by atoms with van der Waals surface area (Å²) in [5.74, 6) is 0.227. The molecule has 1 aromatic heterocycles. The summed E-state index contributed by atoms with van der Waals surface area (Å²) in [6, 6.07) is 0.0671. The van der Waals surface area contributed by atoms with Gasteiger partial charge in [-0.15, -0.1) is 11.3 Å². The van der Waals surface area contributed by atoms with Crippen LogP contribution in [0.2, 0.25) is 0 Å². The second-order valence-electron chi connectivity index (χ2n) is 8.31. The second kappa shape index (κ2) is 8.74. The van der Waals surface area contributed by atoms with E-state index in [1.54, 1.807) is 11.3 Å². The summed E-state index contributed by atoms with van der Waals surface area (Å²) >= 11 is 1.56.